The largest absolute Gasteiger partial charge is 0.481 e. The molecule has 1 amide bonds. The zero-order valence-corrected chi connectivity index (χ0v) is 11.9. The number of benzene rings is 1. The van der Waals surface area contributed by atoms with Crippen molar-refractivity contribution in [2.45, 2.75) is 31.2 Å². The molecule has 5 heteroatoms. The predicted octanol–water partition coefficient (Wildman–Crippen LogP) is 2.42. The summed E-state index contributed by atoms with van der Waals surface area (Å²) in [5.41, 5.74) is 0.0445. The van der Waals surface area contributed by atoms with Crippen LogP contribution in [0.4, 0.5) is 0 Å². The van der Waals surface area contributed by atoms with E-state index in [0.717, 1.165) is 22.8 Å². The van der Waals surface area contributed by atoms with Gasteiger partial charge in [0.1, 0.15) is 0 Å². The van der Waals surface area contributed by atoms with Gasteiger partial charge in [0.15, 0.2) is 0 Å². The third-order valence-corrected chi connectivity index (χ3v) is 3.94. The van der Waals surface area contributed by atoms with Crippen LogP contribution < -0.4 is 5.32 Å². The van der Waals surface area contributed by atoms with E-state index in [-0.39, 0.29) is 12.3 Å². The fourth-order valence-corrected chi connectivity index (χ4v) is 2.72. The van der Waals surface area contributed by atoms with Gasteiger partial charge in [0.05, 0.1) is 12.0 Å². The molecule has 0 atom stereocenters. The van der Waals surface area contributed by atoms with Gasteiger partial charge >= 0.3 is 5.97 Å². The van der Waals surface area contributed by atoms with E-state index in [0.29, 0.717) is 5.56 Å². The molecule has 96 valence electrons. The highest BCUT2D eigenvalue weighted by molar-refractivity contribution is 14.1. The maximum atomic E-state index is 12.1. The number of nitrogens with one attached hydrogen (secondary N) is 1. The summed E-state index contributed by atoms with van der Waals surface area (Å²) in [7, 11) is 0. The van der Waals surface area contributed by atoms with E-state index >= 15 is 0 Å². The van der Waals surface area contributed by atoms with Crippen LogP contribution in [0.3, 0.4) is 0 Å². The first-order valence-electron chi connectivity index (χ1n) is 5.81. The summed E-state index contributed by atoms with van der Waals surface area (Å²) in [6, 6.07) is 7.27. The molecule has 2 rings (SSSR count). The first-order valence-corrected chi connectivity index (χ1v) is 6.89. The Hall–Kier alpha value is -1.11. The SMILES string of the molecule is O=C(O)CC1(NC(=O)c2cccc(I)c2)CCC1. The third kappa shape index (κ3) is 3.01. The van der Waals surface area contributed by atoms with Crippen LogP contribution in [-0.2, 0) is 4.79 Å². The number of carboxylic acids is 1. The maximum absolute atomic E-state index is 12.1. The van der Waals surface area contributed by atoms with Crippen molar-refractivity contribution in [2.24, 2.45) is 0 Å². The van der Waals surface area contributed by atoms with Crippen molar-refractivity contribution in [2.75, 3.05) is 0 Å². The zero-order chi connectivity index (χ0) is 13.2. The van der Waals surface area contributed by atoms with Crippen molar-refractivity contribution in [3.8, 4) is 0 Å². The van der Waals surface area contributed by atoms with Crippen LogP contribution in [0, 0.1) is 3.57 Å². The molecule has 1 aliphatic carbocycles. The van der Waals surface area contributed by atoms with E-state index in [2.05, 4.69) is 27.9 Å². The summed E-state index contributed by atoms with van der Waals surface area (Å²) in [5, 5.41) is 11.8. The van der Waals surface area contributed by atoms with Crippen molar-refractivity contribution < 1.29 is 14.7 Å². The molecule has 1 saturated carbocycles. The monoisotopic (exact) mass is 359 g/mol. The van der Waals surface area contributed by atoms with Crippen LogP contribution in [0.25, 0.3) is 0 Å². The van der Waals surface area contributed by atoms with Crippen LogP contribution in [-0.4, -0.2) is 22.5 Å². The van der Waals surface area contributed by atoms with Crippen molar-refractivity contribution >= 4 is 34.5 Å². The van der Waals surface area contributed by atoms with E-state index in [1.807, 2.05) is 12.1 Å². The molecule has 18 heavy (non-hydrogen) atoms. The maximum Gasteiger partial charge on any atom is 0.305 e. The first kappa shape index (κ1) is 13.3. The average molecular weight is 359 g/mol. The van der Waals surface area contributed by atoms with Gasteiger partial charge in [0.25, 0.3) is 5.91 Å². The van der Waals surface area contributed by atoms with Gasteiger partial charge in [-0.15, -0.1) is 0 Å². The summed E-state index contributed by atoms with van der Waals surface area (Å²) >= 11 is 2.15. The minimum atomic E-state index is -0.863. The molecule has 0 aliphatic heterocycles. The minimum Gasteiger partial charge on any atom is -0.481 e. The van der Waals surface area contributed by atoms with Crippen molar-refractivity contribution in [1.29, 1.82) is 0 Å². The molecule has 1 aromatic rings. The smallest absolute Gasteiger partial charge is 0.305 e. The Morgan fingerprint density at radius 2 is 2.11 bits per heavy atom. The normalized spacial score (nSPS) is 16.7. The summed E-state index contributed by atoms with van der Waals surface area (Å²) < 4.78 is 0.987. The Morgan fingerprint density at radius 1 is 1.39 bits per heavy atom. The summed E-state index contributed by atoms with van der Waals surface area (Å²) in [5.74, 6) is -1.05. The number of hydrogen-bond donors (Lipinski definition) is 2. The van der Waals surface area contributed by atoms with Crippen LogP contribution >= 0.6 is 22.6 Å². The minimum absolute atomic E-state index is 0.00264. The van der Waals surface area contributed by atoms with Crippen LogP contribution in [0.15, 0.2) is 24.3 Å². The lowest BCUT2D eigenvalue weighted by Crippen LogP contribution is -2.54. The molecule has 1 aromatic carbocycles. The molecule has 0 bridgehead atoms. The quantitative estimate of drug-likeness (QED) is 0.812. The van der Waals surface area contributed by atoms with Crippen LogP contribution in [0.1, 0.15) is 36.0 Å². The molecule has 1 fully saturated rings. The van der Waals surface area contributed by atoms with E-state index in [1.54, 1.807) is 12.1 Å². The van der Waals surface area contributed by atoms with Gasteiger partial charge in [0, 0.05) is 9.13 Å². The van der Waals surface area contributed by atoms with Crippen molar-refractivity contribution in [3.63, 3.8) is 0 Å². The molecule has 1 aliphatic rings. The van der Waals surface area contributed by atoms with E-state index in [9.17, 15) is 9.59 Å². The van der Waals surface area contributed by atoms with Gasteiger partial charge in [0.2, 0.25) is 0 Å². The Labute approximate surface area is 119 Å². The molecular weight excluding hydrogens is 345 g/mol. The Bertz CT molecular complexity index is 483. The topological polar surface area (TPSA) is 66.4 Å². The summed E-state index contributed by atoms with van der Waals surface area (Å²) in [4.78, 5) is 22.9. The number of rotatable bonds is 4. The number of carboxylic acid groups (broad SMARTS) is 1. The molecule has 0 heterocycles. The molecule has 0 spiro atoms. The second-order valence-corrected chi connectivity index (χ2v) is 5.91. The number of hydrogen-bond acceptors (Lipinski definition) is 2. The number of amides is 1. The highest BCUT2D eigenvalue weighted by Gasteiger charge is 2.40. The number of carbonyl (C=O) groups excluding carboxylic acids is 1. The van der Waals surface area contributed by atoms with E-state index < -0.39 is 11.5 Å². The molecule has 0 radical (unpaired) electrons. The highest BCUT2D eigenvalue weighted by atomic mass is 127. The number of aliphatic carboxylic acids is 1. The lowest BCUT2D eigenvalue weighted by Gasteiger charge is -2.41. The lowest BCUT2D eigenvalue weighted by atomic mass is 9.74. The molecule has 0 aromatic heterocycles. The third-order valence-electron chi connectivity index (χ3n) is 3.27. The van der Waals surface area contributed by atoms with Crippen molar-refractivity contribution in [3.05, 3.63) is 33.4 Å². The van der Waals surface area contributed by atoms with E-state index in [1.165, 1.54) is 0 Å². The van der Waals surface area contributed by atoms with E-state index in [4.69, 9.17) is 5.11 Å². The molecular formula is C13H14INO3. The zero-order valence-electron chi connectivity index (χ0n) is 9.78. The van der Waals surface area contributed by atoms with Gasteiger partial charge in [-0.05, 0) is 60.1 Å². The summed E-state index contributed by atoms with van der Waals surface area (Å²) in [6.45, 7) is 0. The first-order chi connectivity index (χ1) is 8.51. The summed E-state index contributed by atoms with van der Waals surface area (Å²) in [6.07, 6.45) is 2.46. The van der Waals surface area contributed by atoms with Gasteiger partial charge in [-0.2, -0.15) is 0 Å². The second-order valence-electron chi connectivity index (χ2n) is 4.67. The van der Waals surface area contributed by atoms with Gasteiger partial charge in [-0.3, -0.25) is 9.59 Å². The Kier molecular flexibility index (Phi) is 3.89. The molecule has 2 N–H and O–H groups in total. The molecule has 4 nitrogen and oxygen atoms in total. The van der Waals surface area contributed by atoms with Gasteiger partial charge < -0.3 is 10.4 Å². The van der Waals surface area contributed by atoms with Crippen LogP contribution in [0.2, 0.25) is 0 Å². The second kappa shape index (κ2) is 5.26. The lowest BCUT2D eigenvalue weighted by molar-refractivity contribution is -0.139. The molecule has 0 saturated heterocycles. The fourth-order valence-electron chi connectivity index (χ4n) is 2.18. The van der Waals surface area contributed by atoms with Crippen molar-refractivity contribution in [1.82, 2.24) is 5.32 Å². The number of carbonyl (C=O) groups is 2. The van der Waals surface area contributed by atoms with Gasteiger partial charge in [-0.1, -0.05) is 6.07 Å². The fraction of sp³-hybridized carbons (Fsp3) is 0.385. The predicted molar refractivity (Wildman–Crippen MR) is 75.5 cm³/mol. The Morgan fingerprint density at radius 3 is 2.61 bits per heavy atom. The van der Waals surface area contributed by atoms with Gasteiger partial charge in [-0.25, -0.2) is 0 Å². The highest BCUT2D eigenvalue weighted by Crippen LogP contribution is 2.35. The van der Waals surface area contributed by atoms with Crippen LogP contribution in [0.5, 0.6) is 0 Å². The average Bonchev–Trinajstić information content (AvgIpc) is 2.25. The number of halogens is 1. The molecule has 0 unspecified atom stereocenters. The standard InChI is InChI=1S/C13H14INO3/c14-10-4-1-3-9(7-10)12(18)15-13(5-2-6-13)8-11(16)17/h1,3-4,7H,2,5-6,8H2,(H,15,18)(H,16,17). The Balaban J connectivity index is 2.08.